The Morgan fingerprint density at radius 3 is 2.61 bits per heavy atom. The van der Waals surface area contributed by atoms with Crippen molar-refractivity contribution >= 4 is 22.6 Å². The fourth-order valence-electron chi connectivity index (χ4n) is 1.92. The monoisotopic (exact) mass is 356 g/mol. The number of hydrogen-bond donors (Lipinski definition) is 2. The molecule has 94 valence electrons. The molecule has 0 saturated heterocycles. The van der Waals surface area contributed by atoms with Crippen molar-refractivity contribution in [3.63, 3.8) is 0 Å². The number of nitrogens with one attached hydrogen (secondary N) is 1. The maximum absolute atomic E-state index is 13.2. The van der Waals surface area contributed by atoms with Crippen molar-refractivity contribution in [1.29, 1.82) is 0 Å². The van der Waals surface area contributed by atoms with E-state index in [2.05, 4.69) is 28.0 Å². The average molecular weight is 356 g/mol. The normalized spacial score (nSPS) is 12.4. The van der Waals surface area contributed by atoms with Crippen molar-refractivity contribution in [2.75, 3.05) is 0 Å². The molecule has 0 radical (unpaired) electrons. The molecule has 2 nitrogen and oxygen atoms in total. The first-order valence-corrected chi connectivity index (χ1v) is 6.73. The molecule has 0 heterocycles. The molecule has 0 saturated carbocycles. The predicted molar refractivity (Wildman–Crippen MR) is 79.3 cm³/mol. The number of halogens is 2. The van der Waals surface area contributed by atoms with Gasteiger partial charge >= 0.3 is 0 Å². The van der Waals surface area contributed by atoms with Crippen LogP contribution in [0.2, 0.25) is 0 Å². The Bertz CT molecular complexity index is 531. The lowest BCUT2D eigenvalue weighted by Gasteiger charge is -2.18. The van der Waals surface area contributed by atoms with Gasteiger partial charge in [-0.3, -0.25) is 11.3 Å². The van der Waals surface area contributed by atoms with Crippen molar-refractivity contribution in [2.24, 2.45) is 5.84 Å². The summed E-state index contributed by atoms with van der Waals surface area (Å²) in [6.07, 6.45) is 0.661. The van der Waals surface area contributed by atoms with E-state index in [4.69, 9.17) is 5.84 Å². The number of benzene rings is 2. The molecule has 0 aliphatic carbocycles. The molecule has 2 aromatic carbocycles. The van der Waals surface area contributed by atoms with Gasteiger partial charge in [-0.1, -0.05) is 30.3 Å². The number of hydrogen-bond acceptors (Lipinski definition) is 2. The van der Waals surface area contributed by atoms with Crippen LogP contribution in [0.15, 0.2) is 48.5 Å². The van der Waals surface area contributed by atoms with Gasteiger partial charge in [0.25, 0.3) is 0 Å². The third kappa shape index (κ3) is 3.28. The quantitative estimate of drug-likeness (QED) is 0.502. The van der Waals surface area contributed by atoms with Gasteiger partial charge in [0.15, 0.2) is 0 Å². The molecular weight excluding hydrogens is 342 g/mol. The molecular formula is C14H14FIN2. The van der Waals surface area contributed by atoms with E-state index in [-0.39, 0.29) is 11.9 Å². The summed E-state index contributed by atoms with van der Waals surface area (Å²) in [5, 5.41) is 0. The molecule has 1 atom stereocenters. The zero-order valence-electron chi connectivity index (χ0n) is 9.74. The van der Waals surface area contributed by atoms with Gasteiger partial charge in [-0.05, 0) is 58.3 Å². The molecule has 0 bridgehead atoms. The van der Waals surface area contributed by atoms with Crippen LogP contribution in [0.3, 0.4) is 0 Å². The number of hydrazine groups is 1. The predicted octanol–water partition coefficient (Wildman–Crippen LogP) is 3.18. The van der Waals surface area contributed by atoms with Gasteiger partial charge in [0.05, 0.1) is 6.04 Å². The molecule has 2 rings (SSSR count). The first kappa shape index (κ1) is 13.5. The summed E-state index contributed by atoms with van der Waals surface area (Å²) in [6.45, 7) is 0. The van der Waals surface area contributed by atoms with Crippen LogP contribution in [0.25, 0.3) is 0 Å². The molecule has 1 unspecified atom stereocenters. The molecule has 0 fully saturated rings. The van der Waals surface area contributed by atoms with Crippen LogP contribution in [0.4, 0.5) is 4.39 Å². The SMILES string of the molecule is NNC(Cc1cccc(F)c1)c1ccccc1I. The highest BCUT2D eigenvalue weighted by molar-refractivity contribution is 14.1. The Kier molecular flexibility index (Phi) is 4.68. The minimum Gasteiger partial charge on any atom is -0.271 e. The first-order valence-electron chi connectivity index (χ1n) is 5.65. The van der Waals surface area contributed by atoms with E-state index in [1.165, 1.54) is 6.07 Å². The van der Waals surface area contributed by atoms with Crippen LogP contribution in [-0.4, -0.2) is 0 Å². The Labute approximate surface area is 120 Å². The summed E-state index contributed by atoms with van der Waals surface area (Å²) >= 11 is 2.28. The zero-order valence-corrected chi connectivity index (χ0v) is 11.9. The highest BCUT2D eigenvalue weighted by atomic mass is 127. The maximum Gasteiger partial charge on any atom is 0.123 e. The third-order valence-electron chi connectivity index (χ3n) is 2.81. The van der Waals surface area contributed by atoms with Crippen LogP contribution in [0, 0.1) is 9.39 Å². The largest absolute Gasteiger partial charge is 0.271 e. The lowest BCUT2D eigenvalue weighted by atomic mass is 9.99. The van der Waals surface area contributed by atoms with E-state index in [0.717, 1.165) is 14.7 Å². The Morgan fingerprint density at radius 2 is 1.94 bits per heavy atom. The van der Waals surface area contributed by atoms with Crippen LogP contribution in [-0.2, 0) is 6.42 Å². The summed E-state index contributed by atoms with van der Waals surface area (Å²) < 4.78 is 14.3. The van der Waals surface area contributed by atoms with Crippen LogP contribution >= 0.6 is 22.6 Å². The van der Waals surface area contributed by atoms with E-state index < -0.39 is 0 Å². The molecule has 0 aliphatic heterocycles. The van der Waals surface area contributed by atoms with Gasteiger partial charge in [0.2, 0.25) is 0 Å². The smallest absolute Gasteiger partial charge is 0.123 e. The second-order valence-corrected chi connectivity index (χ2v) is 5.24. The molecule has 0 amide bonds. The second kappa shape index (κ2) is 6.26. The molecule has 0 aliphatic rings. The third-order valence-corrected chi connectivity index (χ3v) is 3.79. The van der Waals surface area contributed by atoms with Crippen LogP contribution in [0.1, 0.15) is 17.2 Å². The van der Waals surface area contributed by atoms with Crippen molar-refractivity contribution in [3.05, 3.63) is 69.0 Å². The molecule has 0 spiro atoms. The summed E-state index contributed by atoms with van der Waals surface area (Å²) in [6, 6.07) is 14.6. The average Bonchev–Trinajstić information content (AvgIpc) is 2.37. The fourth-order valence-corrected chi connectivity index (χ4v) is 2.68. The molecule has 0 aromatic heterocycles. The van der Waals surface area contributed by atoms with Crippen molar-refractivity contribution in [3.8, 4) is 0 Å². The second-order valence-electron chi connectivity index (χ2n) is 4.07. The molecule has 4 heteroatoms. The van der Waals surface area contributed by atoms with E-state index in [9.17, 15) is 4.39 Å². The molecule has 3 N–H and O–H groups in total. The first-order chi connectivity index (χ1) is 8.70. The minimum atomic E-state index is -0.217. The lowest BCUT2D eigenvalue weighted by molar-refractivity contribution is 0.546. The highest BCUT2D eigenvalue weighted by Gasteiger charge is 2.13. The summed E-state index contributed by atoms with van der Waals surface area (Å²) in [4.78, 5) is 0. The lowest BCUT2D eigenvalue weighted by Crippen LogP contribution is -2.30. The van der Waals surface area contributed by atoms with Crippen molar-refractivity contribution in [2.45, 2.75) is 12.5 Å². The van der Waals surface area contributed by atoms with Gasteiger partial charge in [-0.15, -0.1) is 0 Å². The molecule has 18 heavy (non-hydrogen) atoms. The van der Waals surface area contributed by atoms with E-state index in [1.54, 1.807) is 12.1 Å². The van der Waals surface area contributed by atoms with Gasteiger partial charge in [0, 0.05) is 3.57 Å². The van der Waals surface area contributed by atoms with E-state index in [0.29, 0.717) is 6.42 Å². The van der Waals surface area contributed by atoms with Crippen molar-refractivity contribution < 1.29 is 4.39 Å². The number of nitrogens with two attached hydrogens (primary N) is 1. The highest BCUT2D eigenvalue weighted by Crippen LogP contribution is 2.22. The fraction of sp³-hybridized carbons (Fsp3) is 0.143. The zero-order chi connectivity index (χ0) is 13.0. The summed E-state index contributed by atoms with van der Waals surface area (Å²) in [5.41, 5.74) is 4.86. The van der Waals surface area contributed by atoms with Gasteiger partial charge < -0.3 is 0 Å². The Morgan fingerprint density at radius 1 is 1.17 bits per heavy atom. The topological polar surface area (TPSA) is 38.0 Å². The standard InChI is InChI=1S/C14H14FIN2/c15-11-5-3-4-10(8-11)9-14(18-17)12-6-1-2-7-13(12)16/h1-8,14,18H,9,17H2. The van der Waals surface area contributed by atoms with Gasteiger partial charge in [-0.25, -0.2) is 4.39 Å². The number of rotatable bonds is 4. The maximum atomic E-state index is 13.2. The van der Waals surface area contributed by atoms with Gasteiger partial charge in [-0.2, -0.15) is 0 Å². The van der Waals surface area contributed by atoms with Gasteiger partial charge in [0.1, 0.15) is 5.82 Å². The minimum absolute atomic E-state index is 0.0140. The summed E-state index contributed by atoms with van der Waals surface area (Å²) in [7, 11) is 0. The summed E-state index contributed by atoms with van der Waals surface area (Å²) in [5.74, 6) is 5.40. The van der Waals surface area contributed by atoms with E-state index in [1.807, 2.05) is 30.3 Å². The van der Waals surface area contributed by atoms with Crippen LogP contribution in [0.5, 0.6) is 0 Å². The Hall–Kier alpha value is -0.980. The van der Waals surface area contributed by atoms with E-state index >= 15 is 0 Å². The molecule has 2 aromatic rings. The van der Waals surface area contributed by atoms with Crippen molar-refractivity contribution in [1.82, 2.24) is 5.43 Å². The van der Waals surface area contributed by atoms with Crippen LogP contribution < -0.4 is 11.3 Å². The Balaban J connectivity index is 2.23.